The highest BCUT2D eigenvalue weighted by atomic mass is 35.5. The van der Waals surface area contributed by atoms with Crippen LogP contribution in [0.1, 0.15) is 18.5 Å². The van der Waals surface area contributed by atoms with Crippen LogP contribution in [0.5, 0.6) is 0 Å². The Labute approximate surface area is 174 Å². The zero-order valence-electron chi connectivity index (χ0n) is 15.6. The second kappa shape index (κ2) is 9.19. The summed E-state index contributed by atoms with van der Waals surface area (Å²) in [5, 5.41) is 4.29. The highest BCUT2D eigenvalue weighted by Gasteiger charge is 2.36. The molecule has 146 valence electrons. The van der Waals surface area contributed by atoms with E-state index in [-0.39, 0.29) is 6.61 Å². The van der Waals surface area contributed by atoms with Gasteiger partial charge in [-0.25, -0.2) is 4.79 Å². The first-order chi connectivity index (χ1) is 13.5. The van der Waals surface area contributed by atoms with Crippen molar-refractivity contribution < 1.29 is 14.3 Å². The standard InChI is InChI=1S/C21H21ClN2O3S/c1-14-18(20(25)27-13-12-26-2)19(16-10-6-7-11-17(16)22)23-21(28)24(14)15-8-4-3-5-9-15/h3-11,19H,12-13H2,1-2H3,(H,23,28). The highest BCUT2D eigenvalue weighted by Crippen LogP contribution is 2.36. The lowest BCUT2D eigenvalue weighted by atomic mass is 9.94. The molecule has 0 fully saturated rings. The summed E-state index contributed by atoms with van der Waals surface area (Å²) in [6, 6.07) is 16.5. The topological polar surface area (TPSA) is 50.8 Å². The van der Waals surface area contributed by atoms with Crippen LogP contribution >= 0.6 is 23.8 Å². The van der Waals surface area contributed by atoms with Crippen LogP contribution in [-0.4, -0.2) is 31.4 Å². The van der Waals surface area contributed by atoms with E-state index in [0.29, 0.717) is 28.0 Å². The van der Waals surface area contributed by atoms with Crippen molar-refractivity contribution in [3.63, 3.8) is 0 Å². The Morgan fingerprint density at radius 2 is 1.82 bits per heavy atom. The number of nitrogens with zero attached hydrogens (tertiary/aromatic N) is 1. The zero-order chi connectivity index (χ0) is 20.1. The summed E-state index contributed by atoms with van der Waals surface area (Å²) in [5.74, 6) is -0.435. The minimum Gasteiger partial charge on any atom is -0.460 e. The number of hydrogen-bond donors (Lipinski definition) is 1. The molecule has 0 saturated carbocycles. The fraction of sp³-hybridized carbons (Fsp3) is 0.238. The van der Waals surface area contributed by atoms with Crippen molar-refractivity contribution in [1.29, 1.82) is 0 Å². The fourth-order valence-corrected chi connectivity index (χ4v) is 3.74. The number of esters is 1. The highest BCUT2D eigenvalue weighted by molar-refractivity contribution is 7.80. The van der Waals surface area contributed by atoms with Gasteiger partial charge in [-0.05, 0) is 42.9 Å². The molecule has 0 bridgehead atoms. The molecule has 7 heteroatoms. The maximum atomic E-state index is 13.0. The number of methoxy groups -OCH3 is 1. The number of carbonyl (C=O) groups is 1. The van der Waals surface area contributed by atoms with Gasteiger partial charge in [-0.15, -0.1) is 0 Å². The van der Waals surface area contributed by atoms with Crippen LogP contribution in [-0.2, 0) is 14.3 Å². The van der Waals surface area contributed by atoms with Gasteiger partial charge < -0.3 is 14.8 Å². The molecule has 0 aliphatic carbocycles. The third-order valence-electron chi connectivity index (χ3n) is 4.46. The zero-order valence-corrected chi connectivity index (χ0v) is 17.2. The van der Waals surface area contributed by atoms with Crippen LogP contribution in [0.25, 0.3) is 0 Å². The largest absolute Gasteiger partial charge is 0.460 e. The normalized spacial score (nSPS) is 16.8. The van der Waals surface area contributed by atoms with Gasteiger partial charge in [-0.1, -0.05) is 48.0 Å². The van der Waals surface area contributed by atoms with E-state index < -0.39 is 12.0 Å². The summed E-state index contributed by atoms with van der Waals surface area (Å²) in [6.07, 6.45) is 0. The van der Waals surface area contributed by atoms with E-state index in [1.54, 1.807) is 13.2 Å². The van der Waals surface area contributed by atoms with Crippen LogP contribution in [0, 0.1) is 0 Å². The minimum atomic E-state index is -0.504. The van der Waals surface area contributed by atoms with Crippen LogP contribution in [0.2, 0.25) is 5.02 Å². The number of thiocarbonyl (C=S) groups is 1. The molecular formula is C21H21ClN2O3S. The molecule has 1 unspecified atom stereocenters. The van der Waals surface area contributed by atoms with E-state index in [1.807, 2.05) is 60.4 Å². The van der Waals surface area contributed by atoms with Crippen molar-refractivity contribution in [1.82, 2.24) is 5.32 Å². The van der Waals surface area contributed by atoms with Gasteiger partial charge in [0.25, 0.3) is 0 Å². The van der Waals surface area contributed by atoms with Gasteiger partial charge in [0.15, 0.2) is 5.11 Å². The van der Waals surface area contributed by atoms with Gasteiger partial charge in [-0.3, -0.25) is 4.90 Å². The molecule has 0 spiro atoms. The number of nitrogens with one attached hydrogen (secondary N) is 1. The van der Waals surface area contributed by atoms with Crippen molar-refractivity contribution in [3.05, 3.63) is 76.5 Å². The van der Waals surface area contributed by atoms with Gasteiger partial charge in [0, 0.05) is 23.5 Å². The van der Waals surface area contributed by atoms with Gasteiger partial charge in [-0.2, -0.15) is 0 Å². The Bertz CT molecular complexity index is 902. The van der Waals surface area contributed by atoms with Gasteiger partial charge in [0.05, 0.1) is 18.2 Å². The van der Waals surface area contributed by atoms with Crippen LogP contribution < -0.4 is 10.2 Å². The molecule has 0 amide bonds. The molecule has 1 heterocycles. The summed E-state index contributed by atoms with van der Waals surface area (Å²) < 4.78 is 10.4. The number of rotatable bonds is 6. The second-order valence-corrected chi connectivity index (χ2v) is 7.00. The molecule has 0 saturated heterocycles. The maximum Gasteiger partial charge on any atom is 0.338 e. The number of carbonyl (C=O) groups excluding carboxylic acids is 1. The first kappa shape index (κ1) is 20.3. The van der Waals surface area contributed by atoms with Crippen molar-refractivity contribution in [3.8, 4) is 0 Å². The van der Waals surface area contributed by atoms with Crippen LogP contribution in [0.3, 0.4) is 0 Å². The monoisotopic (exact) mass is 416 g/mol. The summed E-state index contributed by atoms with van der Waals surface area (Å²) in [6.45, 7) is 2.34. The predicted molar refractivity (Wildman–Crippen MR) is 114 cm³/mol. The number of allylic oxidation sites excluding steroid dienone is 1. The average Bonchev–Trinajstić information content (AvgIpc) is 2.69. The lowest BCUT2D eigenvalue weighted by Crippen LogP contribution is -2.48. The molecule has 28 heavy (non-hydrogen) atoms. The van der Waals surface area contributed by atoms with Gasteiger partial charge in [0.1, 0.15) is 6.61 Å². The van der Waals surface area contributed by atoms with E-state index in [0.717, 1.165) is 11.3 Å². The summed E-state index contributed by atoms with van der Waals surface area (Å²) >= 11 is 12.0. The molecular weight excluding hydrogens is 396 g/mol. The van der Waals surface area contributed by atoms with E-state index in [1.165, 1.54) is 0 Å². The Hall–Kier alpha value is -2.41. The maximum absolute atomic E-state index is 13.0. The number of para-hydroxylation sites is 1. The van der Waals surface area contributed by atoms with E-state index in [9.17, 15) is 4.79 Å². The number of hydrogen-bond acceptors (Lipinski definition) is 4. The molecule has 0 aromatic heterocycles. The summed E-state index contributed by atoms with van der Waals surface area (Å²) in [7, 11) is 1.56. The van der Waals surface area contributed by atoms with Crippen LogP contribution in [0.4, 0.5) is 5.69 Å². The molecule has 1 aliphatic heterocycles. The second-order valence-electron chi connectivity index (χ2n) is 6.20. The lowest BCUT2D eigenvalue weighted by molar-refractivity contribution is -0.140. The van der Waals surface area contributed by atoms with E-state index in [2.05, 4.69) is 5.32 Å². The molecule has 1 aliphatic rings. The van der Waals surface area contributed by atoms with Gasteiger partial charge in [0.2, 0.25) is 0 Å². The minimum absolute atomic E-state index is 0.164. The Morgan fingerprint density at radius 1 is 1.14 bits per heavy atom. The van der Waals surface area contributed by atoms with Crippen molar-refractivity contribution in [2.45, 2.75) is 13.0 Å². The fourth-order valence-electron chi connectivity index (χ4n) is 3.13. The van der Waals surface area contributed by atoms with E-state index in [4.69, 9.17) is 33.3 Å². The number of anilines is 1. The Morgan fingerprint density at radius 3 is 2.50 bits per heavy atom. The van der Waals surface area contributed by atoms with E-state index >= 15 is 0 Å². The summed E-state index contributed by atoms with van der Waals surface area (Å²) in [4.78, 5) is 14.8. The van der Waals surface area contributed by atoms with Crippen molar-refractivity contribution in [2.75, 3.05) is 25.2 Å². The number of halogens is 1. The third-order valence-corrected chi connectivity index (χ3v) is 5.10. The Balaban J connectivity index is 2.08. The Kier molecular flexibility index (Phi) is 6.67. The third kappa shape index (κ3) is 4.19. The van der Waals surface area contributed by atoms with Gasteiger partial charge >= 0.3 is 5.97 Å². The SMILES string of the molecule is COCCOC(=O)C1=C(C)N(c2ccccc2)C(=S)NC1c1ccccc1Cl. The molecule has 0 radical (unpaired) electrons. The predicted octanol–water partition coefficient (Wildman–Crippen LogP) is 4.24. The lowest BCUT2D eigenvalue weighted by Gasteiger charge is -2.37. The summed E-state index contributed by atoms with van der Waals surface area (Å²) in [5.41, 5.74) is 2.78. The van der Waals surface area contributed by atoms with Crippen molar-refractivity contribution in [2.24, 2.45) is 0 Å². The van der Waals surface area contributed by atoms with Crippen LogP contribution in [0.15, 0.2) is 65.9 Å². The number of ether oxygens (including phenoxy) is 2. The van der Waals surface area contributed by atoms with Crippen molar-refractivity contribution >= 4 is 40.6 Å². The smallest absolute Gasteiger partial charge is 0.338 e. The molecule has 2 aromatic carbocycles. The average molecular weight is 417 g/mol. The quantitative estimate of drug-likeness (QED) is 0.432. The molecule has 1 atom stereocenters. The first-order valence-corrected chi connectivity index (χ1v) is 9.60. The molecule has 2 aromatic rings. The number of benzene rings is 2. The molecule has 1 N–H and O–H groups in total. The molecule has 3 rings (SSSR count). The first-order valence-electron chi connectivity index (χ1n) is 8.81. The molecule has 5 nitrogen and oxygen atoms in total.